The molecule has 0 aliphatic heterocycles. The monoisotopic (exact) mass is 489 g/mol. The lowest BCUT2D eigenvalue weighted by molar-refractivity contribution is 0.0599. The summed E-state index contributed by atoms with van der Waals surface area (Å²) in [6.07, 6.45) is 0. The van der Waals surface area contributed by atoms with Crippen LogP contribution in [0.2, 0.25) is 0 Å². The zero-order valence-corrected chi connectivity index (χ0v) is 20.1. The molecule has 0 aromatic heterocycles. The zero-order chi connectivity index (χ0) is 24.0. The molecule has 0 radical (unpaired) electrons. The lowest BCUT2D eigenvalue weighted by atomic mass is 10.0. The molecule has 0 saturated heterocycles. The Bertz CT molecular complexity index is 1240. The second-order valence-electron chi connectivity index (χ2n) is 7.18. The van der Waals surface area contributed by atoms with E-state index in [0.29, 0.717) is 28.4 Å². The molecular formula is C24H24FNO5S2. The predicted molar refractivity (Wildman–Crippen MR) is 126 cm³/mol. The fraction of sp³-hybridized carbons (Fsp3) is 0.208. The number of thioether (sulfide) groups is 1. The van der Waals surface area contributed by atoms with Crippen molar-refractivity contribution in [3.05, 3.63) is 83.2 Å². The van der Waals surface area contributed by atoms with Crippen molar-refractivity contribution in [1.29, 1.82) is 0 Å². The van der Waals surface area contributed by atoms with E-state index in [1.807, 2.05) is 12.1 Å². The van der Waals surface area contributed by atoms with Gasteiger partial charge in [-0.2, -0.15) is 0 Å². The summed E-state index contributed by atoms with van der Waals surface area (Å²) in [6.45, 7) is 3.70. The Kier molecular flexibility index (Phi) is 8.12. The SMILES string of the molecule is COC(=O)c1cc(S(=O)(=O)NCCSc2ccc(Oc3cccc(F)c3)cc2)cc(C)c1C. The van der Waals surface area contributed by atoms with Crippen LogP contribution in [0.15, 0.2) is 70.5 Å². The molecule has 0 aliphatic carbocycles. The molecule has 0 unspecified atom stereocenters. The van der Waals surface area contributed by atoms with Crippen LogP contribution in [0.4, 0.5) is 4.39 Å². The van der Waals surface area contributed by atoms with E-state index in [-0.39, 0.29) is 22.8 Å². The van der Waals surface area contributed by atoms with Gasteiger partial charge >= 0.3 is 5.97 Å². The molecule has 0 aliphatic rings. The Hall–Kier alpha value is -2.88. The van der Waals surface area contributed by atoms with Gasteiger partial charge in [0.05, 0.1) is 17.6 Å². The summed E-state index contributed by atoms with van der Waals surface area (Å²) in [7, 11) is -2.53. The fourth-order valence-corrected chi connectivity index (χ4v) is 5.04. The first kappa shape index (κ1) is 24.8. The van der Waals surface area contributed by atoms with Crippen LogP contribution in [0.5, 0.6) is 11.5 Å². The minimum absolute atomic E-state index is 0.0230. The number of ether oxygens (including phenoxy) is 2. The lowest BCUT2D eigenvalue weighted by Crippen LogP contribution is -2.26. The van der Waals surface area contributed by atoms with Crippen molar-refractivity contribution < 1.29 is 27.1 Å². The summed E-state index contributed by atoms with van der Waals surface area (Å²) < 4.78 is 51.6. The molecule has 33 heavy (non-hydrogen) atoms. The normalized spacial score (nSPS) is 11.3. The molecule has 174 valence electrons. The molecule has 1 N–H and O–H groups in total. The Balaban J connectivity index is 1.56. The van der Waals surface area contributed by atoms with E-state index in [2.05, 4.69) is 4.72 Å². The van der Waals surface area contributed by atoms with Gasteiger partial charge in [-0.25, -0.2) is 22.3 Å². The molecule has 0 bridgehead atoms. The van der Waals surface area contributed by atoms with Crippen molar-refractivity contribution >= 4 is 27.8 Å². The number of hydrogen-bond donors (Lipinski definition) is 1. The van der Waals surface area contributed by atoms with Gasteiger partial charge in [-0.1, -0.05) is 6.07 Å². The summed E-state index contributed by atoms with van der Waals surface area (Å²) >= 11 is 1.47. The van der Waals surface area contributed by atoms with Crippen molar-refractivity contribution in [1.82, 2.24) is 4.72 Å². The fourth-order valence-electron chi connectivity index (χ4n) is 3.00. The summed E-state index contributed by atoms with van der Waals surface area (Å²) in [4.78, 5) is 12.9. The van der Waals surface area contributed by atoms with Crippen LogP contribution in [-0.4, -0.2) is 33.8 Å². The summed E-state index contributed by atoms with van der Waals surface area (Å²) in [5.41, 5.74) is 1.60. The minimum Gasteiger partial charge on any atom is -0.465 e. The van der Waals surface area contributed by atoms with Crippen LogP contribution in [0.25, 0.3) is 0 Å². The van der Waals surface area contributed by atoms with Crippen molar-refractivity contribution in [3.8, 4) is 11.5 Å². The highest BCUT2D eigenvalue weighted by atomic mass is 32.2. The standard InChI is InChI=1S/C24H24FNO5S2/c1-16-13-22(15-23(17(16)2)24(27)30-3)33(28,29)26-11-12-32-21-9-7-19(8-10-21)31-20-6-4-5-18(25)14-20/h4-10,13-15,26H,11-12H2,1-3H3. The van der Waals surface area contributed by atoms with Crippen LogP contribution in [0.3, 0.4) is 0 Å². The van der Waals surface area contributed by atoms with Crippen molar-refractivity contribution in [2.45, 2.75) is 23.6 Å². The molecule has 0 amide bonds. The molecule has 3 aromatic rings. The molecule has 3 aromatic carbocycles. The van der Waals surface area contributed by atoms with Gasteiger partial charge in [-0.3, -0.25) is 0 Å². The van der Waals surface area contributed by atoms with E-state index in [1.54, 1.807) is 38.1 Å². The highest BCUT2D eigenvalue weighted by Crippen LogP contribution is 2.26. The summed E-state index contributed by atoms with van der Waals surface area (Å²) in [5, 5.41) is 0. The Labute approximate surface area is 197 Å². The van der Waals surface area contributed by atoms with Gasteiger partial charge < -0.3 is 9.47 Å². The van der Waals surface area contributed by atoms with Crippen LogP contribution < -0.4 is 9.46 Å². The number of benzene rings is 3. The van der Waals surface area contributed by atoms with Crippen molar-refractivity contribution in [3.63, 3.8) is 0 Å². The number of carbonyl (C=O) groups excluding carboxylic acids is 1. The van der Waals surface area contributed by atoms with E-state index in [4.69, 9.17) is 9.47 Å². The quantitative estimate of drug-likeness (QED) is 0.256. The number of sulfonamides is 1. The van der Waals surface area contributed by atoms with Gasteiger partial charge in [-0.05, 0) is 73.5 Å². The van der Waals surface area contributed by atoms with E-state index < -0.39 is 16.0 Å². The number of hydrogen-bond acceptors (Lipinski definition) is 6. The summed E-state index contributed by atoms with van der Waals surface area (Å²) in [6, 6.07) is 16.0. The smallest absolute Gasteiger partial charge is 0.338 e. The van der Waals surface area contributed by atoms with Gasteiger partial charge in [0.1, 0.15) is 17.3 Å². The zero-order valence-electron chi connectivity index (χ0n) is 18.4. The topological polar surface area (TPSA) is 81.7 Å². The first-order valence-electron chi connectivity index (χ1n) is 10.0. The Morgan fingerprint density at radius 1 is 1.03 bits per heavy atom. The van der Waals surface area contributed by atoms with Gasteiger partial charge in [-0.15, -0.1) is 11.8 Å². The highest BCUT2D eigenvalue weighted by Gasteiger charge is 2.20. The van der Waals surface area contributed by atoms with E-state index >= 15 is 0 Å². The number of carbonyl (C=O) groups is 1. The second kappa shape index (κ2) is 10.8. The molecule has 6 nitrogen and oxygen atoms in total. The van der Waals surface area contributed by atoms with Crippen molar-refractivity contribution in [2.75, 3.05) is 19.4 Å². The maximum Gasteiger partial charge on any atom is 0.338 e. The number of aryl methyl sites for hydroxylation is 1. The third kappa shape index (κ3) is 6.56. The first-order valence-corrected chi connectivity index (χ1v) is 12.5. The van der Waals surface area contributed by atoms with Gasteiger partial charge in [0.15, 0.2) is 0 Å². The van der Waals surface area contributed by atoms with Crippen LogP contribution in [-0.2, 0) is 14.8 Å². The third-order valence-corrected chi connectivity index (χ3v) is 7.33. The van der Waals surface area contributed by atoms with Gasteiger partial charge in [0, 0.05) is 23.3 Å². The molecule has 0 saturated carbocycles. The largest absolute Gasteiger partial charge is 0.465 e. The number of nitrogens with one attached hydrogen (secondary N) is 1. The minimum atomic E-state index is -3.78. The maximum absolute atomic E-state index is 13.3. The lowest BCUT2D eigenvalue weighted by Gasteiger charge is -2.12. The summed E-state index contributed by atoms with van der Waals surface area (Å²) in [5.74, 6) is 0.531. The first-order chi connectivity index (χ1) is 15.7. The Morgan fingerprint density at radius 2 is 1.76 bits per heavy atom. The number of rotatable bonds is 9. The Morgan fingerprint density at radius 3 is 2.42 bits per heavy atom. The van der Waals surface area contributed by atoms with Gasteiger partial charge in [0.2, 0.25) is 10.0 Å². The maximum atomic E-state index is 13.3. The van der Waals surface area contributed by atoms with E-state index in [9.17, 15) is 17.6 Å². The van der Waals surface area contributed by atoms with Crippen LogP contribution in [0, 0.1) is 19.7 Å². The van der Waals surface area contributed by atoms with Crippen LogP contribution in [0.1, 0.15) is 21.5 Å². The van der Waals surface area contributed by atoms with E-state index in [0.717, 1.165) is 4.90 Å². The molecule has 0 atom stereocenters. The van der Waals surface area contributed by atoms with E-state index in [1.165, 1.54) is 43.1 Å². The molecule has 3 rings (SSSR count). The number of halogens is 1. The molecular weight excluding hydrogens is 465 g/mol. The average Bonchev–Trinajstić information content (AvgIpc) is 2.79. The van der Waals surface area contributed by atoms with Crippen LogP contribution >= 0.6 is 11.8 Å². The average molecular weight is 490 g/mol. The highest BCUT2D eigenvalue weighted by molar-refractivity contribution is 7.99. The predicted octanol–water partition coefficient (Wildman–Crippen LogP) is 5.09. The van der Waals surface area contributed by atoms with Crippen molar-refractivity contribution in [2.24, 2.45) is 0 Å². The molecule has 0 heterocycles. The second-order valence-corrected chi connectivity index (χ2v) is 10.1. The molecule has 0 fully saturated rings. The number of esters is 1. The molecule has 0 spiro atoms. The third-order valence-electron chi connectivity index (χ3n) is 4.87. The molecule has 9 heteroatoms. The van der Waals surface area contributed by atoms with Gasteiger partial charge in [0.25, 0.3) is 0 Å². The number of methoxy groups -OCH3 is 1.